The Kier molecular flexibility index (Phi) is 6.58. The molecule has 0 fully saturated rings. The highest BCUT2D eigenvalue weighted by Gasteiger charge is 2.22. The molecule has 2 rings (SSSR count). The van der Waals surface area contributed by atoms with Gasteiger partial charge < -0.3 is 9.47 Å². The molecule has 0 aliphatic heterocycles. The van der Waals surface area contributed by atoms with Crippen LogP contribution in [0.25, 0.3) is 6.08 Å². The lowest BCUT2D eigenvalue weighted by Crippen LogP contribution is -2.17. The Hall–Kier alpha value is -2.60. The topological polar surface area (TPSA) is 69.7 Å². The first-order chi connectivity index (χ1) is 12.4. The van der Waals surface area contributed by atoms with Gasteiger partial charge in [-0.2, -0.15) is 0 Å². The van der Waals surface area contributed by atoms with Gasteiger partial charge >= 0.3 is 5.97 Å². The fraction of sp³-hybridized carbons (Fsp3) is 0.250. The Morgan fingerprint density at radius 2 is 1.65 bits per heavy atom. The number of ether oxygens (including phenoxy) is 2. The first-order valence-electron chi connectivity index (χ1n) is 8.17. The molecule has 5 nitrogen and oxygen atoms in total. The van der Waals surface area contributed by atoms with Crippen molar-refractivity contribution in [3.8, 4) is 5.75 Å². The highest BCUT2D eigenvalue weighted by Crippen LogP contribution is 2.19. The van der Waals surface area contributed by atoms with E-state index < -0.39 is 21.6 Å². The van der Waals surface area contributed by atoms with Gasteiger partial charge in [-0.15, -0.1) is 0 Å². The van der Waals surface area contributed by atoms with Crippen LogP contribution < -0.4 is 4.74 Å². The van der Waals surface area contributed by atoms with Crippen molar-refractivity contribution in [1.82, 2.24) is 0 Å². The van der Waals surface area contributed by atoms with Gasteiger partial charge in [0.2, 0.25) is 0 Å². The minimum atomic E-state index is -3.67. The summed E-state index contributed by atoms with van der Waals surface area (Å²) in [6, 6.07) is 13.5. The second-order valence-electron chi connectivity index (χ2n) is 5.74. The molecule has 0 unspecified atom stereocenters. The molecule has 0 aromatic heterocycles. The van der Waals surface area contributed by atoms with Gasteiger partial charge in [0, 0.05) is 0 Å². The van der Waals surface area contributed by atoms with Crippen LogP contribution in [-0.4, -0.2) is 33.9 Å². The van der Waals surface area contributed by atoms with Crippen molar-refractivity contribution in [2.24, 2.45) is 0 Å². The standard InChI is InChI=1S/C20H22O5S/c1-4-25-20(21)17(13-16-7-9-18(24-3)10-8-16)14-26(22,23)19-11-5-15(2)6-12-19/h5-13H,4,14H2,1-3H3/b17-13-. The van der Waals surface area contributed by atoms with Gasteiger partial charge in [-0.05, 0) is 49.8 Å². The molecule has 0 heterocycles. The second kappa shape index (κ2) is 8.67. The van der Waals surface area contributed by atoms with Crippen LogP contribution in [0.3, 0.4) is 0 Å². The molecule has 0 N–H and O–H groups in total. The van der Waals surface area contributed by atoms with Crippen LogP contribution >= 0.6 is 0 Å². The zero-order chi connectivity index (χ0) is 19.2. The van der Waals surface area contributed by atoms with Crippen molar-refractivity contribution in [1.29, 1.82) is 0 Å². The number of hydrogen-bond donors (Lipinski definition) is 0. The van der Waals surface area contributed by atoms with E-state index in [1.165, 1.54) is 6.08 Å². The molecular weight excluding hydrogens is 352 g/mol. The zero-order valence-electron chi connectivity index (χ0n) is 15.1. The van der Waals surface area contributed by atoms with Crippen LogP contribution in [-0.2, 0) is 19.4 Å². The van der Waals surface area contributed by atoms with Crippen molar-refractivity contribution in [3.05, 3.63) is 65.2 Å². The Labute approximate surface area is 154 Å². The summed E-state index contributed by atoms with van der Waals surface area (Å²) in [7, 11) is -2.11. The van der Waals surface area contributed by atoms with Crippen molar-refractivity contribution in [3.63, 3.8) is 0 Å². The normalized spacial score (nSPS) is 11.9. The van der Waals surface area contributed by atoms with Crippen LogP contribution in [0.5, 0.6) is 5.75 Å². The maximum absolute atomic E-state index is 12.7. The van der Waals surface area contributed by atoms with E-state index in [1.807, 2.05) is 6.92 Å². The monoisotopic (exact) mass is 374 g/mol. The van der Waals surface area contributed by atoms with Gasteiger partial charge in [0.15, 0.2) is 9.84 Å². The lowest BCUT2D eigenvalue weighted by Gasteiger charge is -2.09. The van der Waals surface area contributed by atoms with E-state index >= 15 is 0 Å². The number of methoxy groups -OCH3 is 1. The quantitative estimate of drug-likeness (QED) is 0.549. The maximum Gasteiger partial charge on any atom is 0.335 e. The van der Waals surface area contributed by atoms with E-state index in [0.717, 1.165) is 5.56 Å². The molecule has 0 aliphatic carbocycles. The summed E-state index contributed by atoms with van der Waals surface area (Å²) in [4.78, 5) is 12.4. The summed E-state index contributed by atoms with van der Waals surface area (Å²) in [6.45, 7) is 3.73. The molecule has 0 amide bonds. The molecule has 0 radical (unpaired) electrons. The van der Waals surface area contributed by atoms with Crippen molar-refractivity contribution < 1.29 is 22.7 Å². The maximum atomic E-state index is 12.7. The van der Waals surface area contributed by atoms with E-state index in [0.29, 0.717) is 11.3 Å². The van der Waals surface area contributed by atoms with Crippen molar-refractivity contribution in [2.75, 3.05) is 19.5 Å². The molecule has 2 aromatic carbocycles. The van der Waals surface area contributed by atoms with Gasteiger partial charge in [0.1, 0.15) is 5.75 Å². The molecule has 6 heteroatoms. The molecular formula is C20H22O5S. The van der Waals surface area contributed by atoms with E-state index in [9.17, 15) is 13.2 Å². The Bertz CT molecular complexity index is 879. The number of aryl methyl sites for hydroxylation is 1. The Balaban J connectivity index is 2.36. The molecule has 2 aromatic rings. The molecule has 0 atom stereocenters. The van der Waals surface area contributed by atoms with Gasteiger partial charge in [0.25, 0.3) is 0 Å². The number of rotatable bonds is 7. The molecule has 0 bridgehead atoms. The van der Waals surface area contributed by atoms with Crippen LogP contribution in [0.15, 0.2) is 59.0 Å². The van der Waals surface area contributed by atoms with Gasteiger partial charge in [-0.1, -0.05) is 29.8 Å². The molecule has 138 valence electrons. The predicted octanol–water partition coefficient (Wildman–Crippen LogP) is 3.42. The third-order valence-electron chi connectivity index (χ3n) is 3.72. The van der Waals surface area contributed by atoms with E-state index in [-0.39, 0.29) is 17.1 Å². The van der Waals surface area contributed by atoms with Crippen molar-refractivity contribution >= 4 is 21.9 Å². The lowest BCUT2D eigenvalue weighted by molar-refractivity contribution is -0.138. The number of esters is 1. The molecule has 0 saturated carbocycles. The number of benzene rings is 2. The van der Waals surface area contributed by atoms with E-state index in [2.05, 4.69) is 0 Å². The summed E-state index contributed by atoms with van der Waals surface area (Å²) >= 11 is 0. The van der Waals surface area contributed by atoms with Crippen LogP contribution in [0, 0.1) is 6.92 Å². The summed E-state index contributed by atoms with van der Waals surface area (Å²) in [6.07, 6.45) is 1.53. The first kappa shape index (κ1) is 19.7. The number of hydrogen-bond acceptors (Lipinski definition) is 5. The summed E-state index contributed by atoms with van der Waals surface area (Å²) in [5, 5.41) is 0. The Morgan fingerprint density at radius 3 is 2.19 bits per heavy atom. The highest BCUT2D eigenvalue weighted by atomic mass is 32.2. The third-order valence-corrected chi connectivity index (χ3v) is 5.40. The minimum Gasteiger partial charge on any atom is -0.497 e. The van der Waals surface area contributed by atoms with Crippen LogP contribution in [0.1, 0.15) is 18.1 Å². The van der Waals surface area contributed by atoms with Gasteiger partial charge in [-0.3, -0.25) is 0 Å². The van der Waals surface area contributed by atoms with Crippen LogP contribution in [0.4, 0.5) is 0 Å². The largest absolute Gasteiger partial charge is 0.497 e. The molecule has 0 aliphatic rings. The third kappa shape index (κ3) is 5.20. The summed E-state index contributed by atoms with van der Waals surface area (Å²) in [5.74, 6) is -0.396. The summed E-state index contributed by atoms with van der Waals surface area (Å²) < 4.78 is 35.5. The van der Waals surface area contributed by atoms with Crippen LogP contribution in [0.2, 0.25) is 0 Å². The lowest BCUT2D eigenvalue weighted by atomic mass is 10.1. The first-order valence-corrected chi connectivity index (χ1v) is 9.82. The minimum absolute atomic E-state index is 0.0811. The predicted molar refractivity (Wildman–Crippen MR) is 101 cm³/mol. The second-order valence-corrected chi connectivity index (χ2v) is 7.72. The van der Waals surface area contributed by atoms with Gasteiger partial charge in [-0.25, -0.2) is 13.2 Å². The highest BCUT2D eigenvalue weighted by molar-refractivity contribution is 7.91. The molecule has 0 spiro atoms. The average Bonchev–Trinajstić information content (AvgIpc) is 2.62. The molecule has 0 saturated heterocycles. The zero-order valence-corrected chi connectivity index (χ0v) is 15.9. The number of carbonyl (C=O) groups is 1. The van der Waals surface area contributed by atoms with E-state index in [1.54, 1.807) is 62.6 Å². The average molecular weight is 374 g/mol. The number of carbonyl (C=O) groups excluding carboxylic acids is 1. The Morgan fingerprint density at radius 1 is 1.04 bits per heavy atom. The van der Waals surface area contributed by atoms with Crippen molar-refractivity contribution in [2.45, 2.75) is 18.7 Å². The van der Waals surface area contributed by atoms with E-state index in [4.69, 9.17) is 9.47 Å². The fourth-order valence-electron chi connectivity index (χ4n) is 2.32. The fourth-order valence-corrected chi connectivity index (χ4v) is 3.65. The summed E-state index contributed by atoms with van der Waals surface area (Å²) in [5.41, 5.74) is 1.73. The smallest absolute Gasteiger partial charge is 0.335 e. The van der Waals surface area contributed by atoms with Gasteiger partial charge in [0.05, 0.1) is 29.9 Å². The SMILES string of the molecule is CCOC(=O)/C(=C\c1ccc(OC)cc1)CS(=O)(=O)c1ccc(C)cc1. The molecule has 26 heavy (non-hydrogen) atoms. The number of sulfone groups is 1.